The Balaban J connectivity index is 1.66. The van der Waals surface area contributed by atoms with Crippen LogP contribution in [0.4, 0.5) is 20.6 Å². The topological polar surface area (TPSA) is 91.0 Å². The van der Waals surface area contributed by atoms with Crippen LogP contribution in [0.1, 0.15) is 19.4 Å². The monoisotopic (exact) mass is 604 g/mol. The van der Waals surface area contributed by atoms with Crippen molar-refractivity contribution in [2.24, 2.45) is 0 Å². The molecule has 2 N–H and O–H groups in total. The molecule has 11 heteroatoms. The maximum Gasteiger partial charge on any atom is 0.321 e. The number of hydrogen-bond donors (Lipinski definition) is 2. The number of halogens is 3. The number of nitrogens with zero attached hydrogens (tertiary/aromatic N) is 2. The van der Waals surface area contributed by atoms with Gasteiger partial charge in [0.05, 0.1) is 10.7 Å². The number of anilines is 2. The largest absolute Gasteiger partial charge is 0.457 e. The summed E-state index contributed by atoms with van der Waals surface area (Å²) in [6.07, 6.45) is 0. The fourth-order valence-corrected chi connectivity index (χ4v) is 3.98. The Morgan fingerprint density at radius 3 is 2.29 bits per heavy atom. The lowest BCUT2D eigenvalue weighted by Gasteiger charge is -2.20. The molecule has 0 aliphatic heterocycles. The molecule has 0 atom stereocenters. The van der Waals surface area contributed by atoms with E-state index in [0.29, 0.717) is 35.8 Å². The highest BCUT2D eigenvalue weighted by atomic mass is 79.9. The zero-order chi connectivity index (χ0) is 27.8. The molecule has 3 rings (SSSR count). The number of amides is 4. The number of rotatable bonds is 8. The molecule has 0 bridgehead atoms. The highest BCUT2D eigenvalue weighted by Crippen LogP contribution is 2.29. The van der Waals surface area contributed by atoms with Crippen molar-refractivity contribution in [3.05, 3.63) is 81.5 Å². The average molecular weight is 606 g/mol. The smallest absolute Gasteiger partial charge is 0.321 e. The van der Waals surface area contributed by atoms with Crippen LogP contribution in [0.5, 0.6) is 11.5 Å². The fourth-order valence-electron chi connectivity index (χ4n) is 3.48. The van der Waals surface area contributed by atoms with Crippen LogP contribution in [0.3, 0.4) is 0 Å². The van der Waals surface area contributed by atoms with E-state index in [0.717, 1.165) is 9.37 Å². The summed E-state index contributed by atoms with van der Waals surface area (Å²) in [5, 5.41) is 5.35. The van der Waals surface area contributed by atoms with E-state index in [-0.39, 0.29) is 23.3 Å². The van der Waals surface area contributed by atoms with Gasteiger partial charge in [-0.3, -0.25) is 9.59 Å². The third kappa shape index (κ3) is 7.69. The SMILES string of the molecule is CCN(CC)C(=O)Nc1ccc(NC(=O)C(=O)N(C)Cc2cc(F)ccc2Oc2ccc(Br)cc2)c(Cl)c1. The molecule has 0 heterocycles. The molecule has 3 aromatic rings. The summed E-state index contributed by atoms with van der Waals surface area (Å²) in [6, 6.07) is 15.3. The Bertz CT molecular complexity index is 1320. The van der Waals surface area contributed by atoms with Crippen LogP contribution in [-0.2, 0) is 16.1 Å². The quantitative estimate of drug-likeness (QED) is 0.287. The first-order valence-electron chi connectivity index (χ1n) is 11.7. The first-order chi connectivity index (χ1) is 18.1. The van der Waals surface area contributed by atoms with Crippen molar-refractivity contribution < 1.29 is 23.5 Å². The molecule has 0 aliphatic rings. The zero-order valence-corrected chi connectivity index (χ0v) is 23.4. The molecule has 0 aliphatic carbocycles. The second-order valence-electron chi connectivity index (χ2n) is 8.22. The van der Waals surface area contributed by atoms with Crippen LogP contribution >= 0.6 is 27.5 Å². The van der Waals surface area contributed by atoms with Gasteiger partial charge in [-0.05, 0) is 74.5 Å². The minimum atomic E-state index is -0.930. The van der Waals surface area contributed by atoms with Gasteiger partial charge in [-0.15, -0.1) is 0 Å². The van der Waals surface area contributed by atoms with E-state index in [2.05, 4.69) is 26.6 Å². The normalized spacial score (nSPS) is 10.5. The Hall–Kier alpha value is -3.63. The number of nitrogens with one attached hydrogen (secondary N) is 2. The van der Waals surface area contributed by atoms with Gasteiger partial charge in [-0.2, -0.15) is 0 Å². The Morgan fingerprint density at radius 1 is 0.974 bits per heavy atom. The summed E-state index contributed by atoms with van der Waals surface area (Å²) in [6.45, 7) is 4.75. The number of ether oxygens (including phenoxy) is 1. The van der Waals surface area contributed by atoms with Crippen molar-refractivity contribution in [1.29, 1.82) is 0 Å². The lowest BCUT2D eigenvalue weighted by Crippen LogP contribution is -2.36. The number of urea groups is 1. The van der Waals surface area contributed by atoms with E-state index in [1.165, 1.54) is 37.4 Å². The first kappa shape index (κ1) is 28.9. The molecular weight excluding hydrogens is 579 g/mol. The molecule has 0 aromatic heterocycles. The third-order valence-corrected chi connectivity index (χ3v) is 6.37. The van der Waals surface area contributed by atoms with Crippen molar-refractivity contribution in [1.82, 2.24) is 9.80 Å². The molecule has 0 saturated heterocycles. The lowest BCUT2D eigenvalue weighted by atomic mass is 10.1. The minimum absolute atomic E-state index is 0.0834. The Morgan fingerprint density at radius 2 is 1.66 bits per heavy atom. The fraction of sp³-hybridized carbons (Fsp3) is 0.222. The van der Waals surface area contributed by atoms with Crippen LogP contribution in [-0.4, -0.2) is 47.8 Å². The first-order valence-corrected chi connectivity index (χ1v) is 12.9. The molecule has 0 fully saturated rings. The van der Waals surface area contributed by atoms with Gasteiger partial charge in [0, 0.05) is 42.4 Å². The van der Waals surface area contributed by atoms with Gasteiger partial charge < -0.3 is 25.2 Å². The maximum atomic E-state index is 14.0. The number of likely N-dealkylation sites (N-methyl/N-ethyl adjacent to an activating group) is 1. The van der Waals surface area contributed by atoms with E-state index >= 15 is 0 Å². The summed E-state index contributed by atoms with van der Waals surface area (Å²) in [5.74, 6) is -1.42. The molecular formula is C27H27BrClFN4O4. The van der Waals surface area contributed by atoms with Gasteiger partial charge in [-0.25, -0.2) is 9.18 Å². The molecule has 0 radical (unpaired) electrons. The highest BCUT2D eigenvalue weighted by molar-refractivity contribution is 9.10. The second kappa shape index (κ2) is 13.3. The van der Waals surface area contributed by atoms with E-state index in [1.807, 2.05) is 13.8 Å². The van der Waals surface area contributed by atoms with Crippen molar-refractivity contribution in [3.8, 4) is 11.5 Å². The number of hydrogen-bond acceptors (Lipinski definition) is 4. The van der Waals surface area contributed by atoms with E-state index in [1.54, 1.807) is 35.2 Å². The Labute approximate surface area is 233 Å². The minimum Gasteiger partial charge on any atom is -0.457 e. The molecule has 0 spiro atoms. The second-order valence-corrected chi connectivity index (χ2v) is 9.54. The lowest BCUT2D eigenvalue weighted by molar-refractivity contribution is -0.142. The van der Waals surface area contributed by atoms with E-state index in [9.17, 15) is 18.8 Å². The molecule has 8 nitrogen and oxygen atoms in total. The van der Waals surface area contributed by atoms with E-state index < -0.39 is 17.6 Å². The summed E-state index contributed by atoms with van der Waals surface area (Å²) in [5.41, 5.74) is 1.02. The maximum absolute atomic E-state index is 14.0. The zero-order valence-electron chi connectivity index (χ0n) is 21.1. The molecule has 0 saturated carbocycles. The molecule has 38 heavy (non-hydrogen) atoms. The summed E-state index contributed by atoms with van der Waals surface area (Å²) in [7, 11) is 1.42. The Kier molecular flexibility index (Phi) is 10.1. The van der Waals surface area contributed by atoms with Crippen LogP contribution < -0.4 is 15.4 Å². The van der Waals surface area contributed by atoms with Crippen LogP contribution in [0.25, 0.3) is 0 Å². The van der Waals surface area contributed by atoms with Crippen molar-refractivity contribution in [2.45, 2.75) is 20.4 Å². The molecule has 3 aromatic carbocycles. The van der Waals surface area contributed by atoms with Gasteiger partial charge in [0.2, 0.25) is 0 Å². The average Bonchev–Trinajstić information content (AvgIpc) is 2.88. The van der Waals surface area contributed by atoms with Gasteiger partial charge in [0.25, 0.3) is 0 Å². The van der Waals surface area contributed by atoms with Crippen molar-refractivity contribution in [3.63, 3.8) is 0 Å². The van der Waals surface area contributed by atoms with Crippen LogP contribution in [0.2, 0.25) is 5.02 Å². The van der Waals surface area contributed by atoms with Crippen LogP contribution in [0, 0.1) is 5.82 Å². The summed E-state index contributed by atoms with van der Waals surface area (Å²) < 4.78 is 20.7. The van der Waals surface area contributed by atoms with Gasteiger partial charge in [-0.1, -0.05) is 27.5 Å². The van der Waals surface area contributed by atoms with Gasteiger partial charge in [0.15, 0.2) is 0 Å². The standard InChI is InChI=1S/C27H27BrClFN4O4/c1-4-34(5-2)27(37)31-20-9-12-23(22(29)15-20)32-25(35)26(36)33(3)16-17-14-19(30)8-13-24(17)38-21-10-6-18(28)7-11-21/h6-15H,4-5,16H2,1-3H3,(H,31,37)(H,32,35). The predicted molar refractivity (Wildman–Crippen MR) is 149 cm³/mol. The predicted octanol–water partition coefficient (Wildman–Crippen LogP) is 6.50. The molecule has 0 unspecified atom stereocenters. The van der Waals surface area contributed by atoms with Gasteiger partial charge >= 0.3 is 17.8 Å². The van der Waals surface area contributed by atoms with E-state index in [4.69, 9.17) is 16.3 Å². The number of carbonyl (C=O) groups excluding carboxylic acids is 3. The van der Waals surface area contributed by atoms with Crippen LogP contribution in [0.15, 0.2) is 65.1 Å². The third-order valence-electron chi connectivity index (χ3n) is 5.53. The van der Waals surface area contributed by atoms with Crippen molar-refractivity contribution >= 4 is 56.8 Å². The molecule has 4 amide bonds. The van der Waals surface area contributed by atoms with Crippen molar-refractivity contribution in [2.75, 3.05) is 30.8 Å². The number of carbonyl (C=O) groups is 3. The summed E-state index contributed by atoms with van der Waals surface area (Å²) >= 11 is 9.63. The van der Waals surface area contributed by atoms with Gasteiger partial charge in [0.1, 0.15) is 17.3 Å². The highest BCUT2D eigenvalue weighted by Gasteiger charge is 2.22. The molecule has 200 valence electrons. The number of benzene rings is 3. The summed E-state index contributed by atoms with van der Waals surface area (Å²) in [4.78, 5) is 40.4.